The fraction of sp³-hybridized carbons (Fsp3) is 0.800. The van der Waals surface area contributed by atoms with Gasteiger partial charge in [-0.05, 0) is 26.2 Å². The highest BCUT2D eigenvalue weighted by molar-refractivity contribution is 7.80. The summed E-state index contributed by atoms with van der Waals surface area (Å²) < 4.78 is 0. The van der Waals surface area contributed by atoms with Gasteiger partial charge in [-0.2, -0.15) is 12.6 Å². The average molecular weight is 172 g/mol. The standard InChI is InChI=1S/C10H20S/c1-4-6-7-9(3)10(5-2)8-11/h11H,4-8H2,1-3H3. The van der Waals surface area contributed by atoms with Crippen LogP contribution in [0.25, 0.3) is 0 Å². The molecule has 0 saturated heterocycles. The van der Waals surface area contributed by atoms with Crippen molar-refractivity contribution in [3.8, 4) is 0 Å². The summed E-state index contributed by atoms with van der Waals surface area (Å²) in [5.74, 6) is 0.937. The summed E-state index contributed by atoms with van der Waals surface area (Å²) in [5, 5.41) is 0. The molecule has 66 valence electrons. The van der Waals surface area contributed by atoms with E-state index in [9.17, 15) is 0 Å². The summed E-state index contributed by atoms with van der Waals surface area (Å²) in [6.45, 7) is 6.69. The Labute approximate surface area is 76.5 Å². The van der Waals surface area contributed by atoms with Gasteiger partial charge in [0, 0.05) is 5.75 Å². The second kappa shape index (κ2) is 6.78. The van der Waals surface area contributed by atoms with Crippen LogP contribution in [0.3, 0.4) is 0 Å². The summed E-state index contributed by atoms with van der Waals surface area (Å²) in [6, 6.07) is 0. The van der Waals surface area contributed by atoms with Gasteiger partial charge in [-0.15, -0.1) is 0 Å². The predicted octanol–water partition coefficient (Wildman–Crippen LogP) is 3.83. The topological polar surface area (TPSA) is 0 Å². The highest BCUT2D eigenvalue weighted by Gasteiger charge is 1.97. The first-order valence-electron chi connectivity index (χ1n) is 4.54. The molecule has 0 fully saturated rings. The maximum absolute atomic E-state index is 4.30. The molecule has 0 N–H and O–H groups in total. The van der Waals surface area contributed by atoms with E-state index >= 15 is 0 Å². The lowest BCUT2D eigenvalue weighted by molar-refractivity contribution is 0.776. The van der Waals surface area contributed by atoms with E-state index < -0.39 is 0 Å². The van der Waals surface area contributed by atoms with E-state index in [2.05, 4.69) is 33.4 Å². The molecule has 0 aliphatic rings. The third-order valence-electron chi connectivity index (χ3n) is 2.13. The molecule has 0 aliphatic carbocycles. The summed E-state index contributed by atoms with van der Waals surface area (Å²) in [5.41, 5.74) is 3.09. The van der Waals surface area contributed by atoms with Crippen molar-refractivity contribution in [2.45, 2.75) is 46.5 Å². The van der Waals surface area contributed by atoms with E-state index in [4.69, 9.17) is 0 Å². The van der Waals surface area contributed by atoms with Crippen LogP contribution < -0.4 is 0 Å². The molecule has 0 aromatic heterocycles. The number of rotatable bonds is 5. The summed E-state index contributed by atoms with van der Waals surface area (Å²) >= 11 is 4.30. The van der Waals surface area contributed by atoms with E-state index in [0.717, 1.165) is 5.75 Å². The zero-order valence-electron chi connectivity index (χ0n) is 7.98. The van der Waals surface area contributed by atoms with E-state index in [1.807, 2.05) is 0 Å². The van der Waals surface area contributed by atoms with Gasteiger partial charge in [0.15, 0.2) is 0 Å². The fourth-order valence-corrected chi connectivity index (χ4v) is 1.66. The van der Waals surface area contributed by atoms with E-state index in [0.29, 0.717) is 0 Å². The summed E-state index contributed by atoms with van der Waals surface area (Å²) in [6.07, 6.45) is 5.04. The molecular formula is C10H20S. The van der Waals surface area contributed by atoms with Crippen molar-refractivity contribution in [1.29, 1.82) is 0 Å². The Morgan fingerprint density at radius 2 is 1.91 bits per heavy atom. The number of hydrogen-bond donors (Lipinski definition) is 1. The molecule has 0 rings (SSSR count). The normalized spacial score (nSPS) is 13.1. The lowest BCUT2D eigenvalue weighted by Crippen LogP contribution is -1.89. The van der Waals surface area contributed by atoms with Gasteiger partial charge in [0.25, 0.3) is 0 Å². The van der Waals surface area contributed by atoms with Crippen LogP contribution in [-0.4, -0.2) is 5.75 Å². The maximum Gasteiger partial charge on any atom is 0.0115 e. The van der Waals surface area contributed by atoms with Crippen molar-refractivity contribution in [1.82, 2.24) is 0 Å². The van der Waals surface area contributed by atoms with E-state index in [-0.39, 0.29) is 0 Å². The molecule has 0 bridgehead atoms. The van der Waals surface area contributed by atoms with Crippen LogP contribution in [0.15, 0.2) is 11.1 Å². The van der Waals surface area contributed by atoms with Gasteiger partial charge in [0.1, 0.15) is 0 Å². The average Bonchev–Trinajstić information content (AvgIpc) is 2.03. The van der Waals surface area contributed by atoms with Crippen LogP contribution in [-0.2, 0) is 0 Å². The first kappa shape index (κ1) is 11.1. The van der Waals surface area contributed by atoms with Gasteiger partial charge in [0.05, 0.1) is 0 Å². The van der Waals surface area contributed by atoms with Gasteiger partial charge in [0.2, 0.25) is 0 Å². The first-order chi connectivity index (χ1) is 5.26. The predicted molar refractivity (Wildman–Crippen MR) is 56.4 cm³/mol. The SMILES string of the molecule is CCCCC(C)=C(CC)CS. The highest BCUT2D eigenvalue weighted by Crippen LogP contribution is 2.15. The van der Waals surface area contributed by atoms with Crippen molar-refractivity contribution < 1.29 is 0 Å². The minimum atomic E-state index is 0.937. The molecule has 0 saturated carbocycles. The molecule has 0 aliphatic heterocycles. The lowest BCUT2D eigenvalue weighted by atomic mass is 10.0. The molecule has 0 aromatic rings. The molecule has 0 atom stereocenters. The fourth-order valence-electron chi connectivity index (χ4n) is 1.17. The van der Waals surface area contributed by atoms with Gasteiger partial charge in [-0.25, -0.2) is 0 Å². The number of unbranched alkanes of at least 4 members (excludes halogenated alkanes) is 1. The Bertz CT molecular complexity index is 119. The van der Waals surface area contributed by atoms with Crippen LogP contribution >= 0.6 is 12.6 Å². The Kier molecular flexibility index (Phi) is 6.83. The van der Waals surface area contributed by atoms with Gasteiger partial charge in [-0.1, -0.05) is 31.4 Å². The number of thiol groups is 1. The molecular weight excluding hydrogens is 152 g/mol. The van der Waals surface area contributed by atoms with Crippen LogP contribution in [0, 0.1) is 0 Å². The molecule has 1 heteroatoms. The second-order valence-corrected chi connectivity index (χ2v) is 3.32. The second-order valence-electron chi connectivity index (χ2n) is 3.00. The van der Waals surface area contributed by atoms with Crippen molar-refractivity contribution in [3.63, 3.8) is 0 Å². The quantitative estimate of drug-likeness (QED) is 0.473. The monoisotopic (exact) mass is 172 g/mol. The first-order valence-corrected chi connectivity index (χ1v) is 5.17. The zero-order chi connectivity index (χ0) is 8.69. The van der Waals surface area contributed by atoms with Crippen LogP contribution in [0.4, 0.5) is 0 Å². The number of allylic oxidation sites excluding steroid dienone is 1. The van der Waals surface area contributed by atoms with Gasteiger partial charge in [-0.3, -0.25) is 0 Å². The third-order valence-corrected chi connectivity index (χ3v) is 2.51. The molecule has 0 heterocycles. The van der Waals surface area contributed by atoms with Crippen molar-refractivity contribution in [2.75, 3.05) is 5.75 Å². The van der Waals surface area contributed by atoms with Crippen molar-refractivity contribution >= 4 is 12.6 Å². The minimum absolute atomic E-state index is 0.937. The molecule has 0 amide bonds. The molecule has 0 spiro atoms. The van der Waals surface area contributed by atoms with Crippen molar-refractivity contribution in [3.05, 3.63) is 11.1 Å². The molecule has 0 aromatic carbocycles. The van der Waals surface area contributed by atoms with Crippen LogP contribution in [0.1, 0.15) is 46.5 Å². The van der Waals surface area contributed by atoms with Crippen molar-refractivity contribution in [2.24, 2.45) is 0 Å². The Balaban J connectivity index is 3.89. The Morgan fingerprint density at radius 1 is 1.27 bits per heavy atom. The van der Waals surface area contributed by atoms with Gasteiger partial charge < -0.3 is 0 Å². The van der Waals surface area contributed by atoms with Gasteiger partial charge >= 0.3 is 0 Å². The minimum Gasteiger partial charge on any atom is -0.175 e. The molecule has 11 heavy (non-hydrogen) atoms. The maximum atomic E-state index is 4.30. The number of hydrogen-bond acceptors (Lipinski definition) is 1. The van der Waals surface area contributed by atoms with Crippen LogP contribution in [0.5, 0.6) is 0 Å². The summed E-state index contributed by atoms with van der Waals surface area (Å²) in [4.78, 5) is 0. The summed E-state index contributed by atoms with van der Waals surface area (Å²) in [7, 11) is 0. The van der Waals surface area contributed by atoms with E-state index in [1.165, 1.54) is 31.3 Å². The molecule has 0 unspecified atom stereocenters. The smallest absolute Gasteiger partial charge is 0.0115 e. The Hall–Kier alpha value is 0.0900. The van der Waals surface area contributed by atoms with Crippen LogP contribution in [0.2, 0.25) is 0 Å². The lowest BCUT2D eigenvalue weighted by Gasteiger charge is -2.06. The third kappa shape index (κ3) is 4.52. The zero-order valence-corrected chi connectivity index (χ0v) is 8.88. The largest absolute Gasteiger partial charge is 0.175 e. The highest BCUT2D eigenvalue weighted by atomic mass is 32.1. The van der Waals surface area contributed by atoms with E-state index in [1.54, 1.807) is 5.57 Å². The molecule has 0 radical (unpaired) electrons. The molecule has 0 nitrogen and oxygen atoms in total. The Morgan fingerprint density at radius 3 is 2.27 bits per heavy atom.